The Morgan fingerprint density at radius 3 is 2.31 bits per heavy atom. The predicted octanol–water partition coefficient (Wildman–Crippen LogP) is 6.97. The highest BCUT2D eigenvalue weighted by atomic mass is 35.5. The fourth-order valence-electron chi connectivity index (χ4n) is 8.96. The molecule has 282 valence electrons. The number of carbonyl (C=O) groups excluding carboxylic acids is 4. The molecule has 6 atom stereocenters. The maximum absolute atomic E-state index is 15.4. The van der Waals surface area contributed by atoms with Crippen LogP contribution in [0.3, 0.4) is 0 Å². The second-order valence-corrected chi connectivity index (χ2v) is 14.7. The van der Waals surface area contributed by atoms with Crippen molar-refractivity contribution in [3.63, 3.8) is 0 Å². The molecule has 4 aliphatic rings. The minimum absolute atomic E-state index is 0.0373. The van der Waals surface area contributed by atoms with Crippen molar-refractivity contribution in [2.24, 2.45) is 23.7 Å². The number of imide groups is 2. The number of carbonyl (C=O) groups is 4. The van der Waals surface area contributed by atoms with Crippen molar-refractivity contribution in [3.05, 3.63) is 130 Å². The Morgan fingerprint density at radius 2 is 1.62 bits per heavy atom. The molecule has 1 aromatic heterocycles. The highest BCUT2D eigenvalue weighted by molar-refractivity contribution is 6.33. The van der Waals surface area contributed by atoms with E-state index in [9.17, 15) is 32.7 Å². The van der Waals surface area contributed by atoms with E-state index >= 15 is 4.79 Å². The summed E-state index contributed by atoms with van der Waals surface area (Å²) < 4.78 is 46.5. The number of nitrogens with zero attached hydrogens (tertiary/aromatic N) is 3. The van der Waals surface area contributed by atoms with Gasteiger partial charge in [-0.3, -0.25) is 29.5 Å². The molecular formula is C40H31Cl2F3N4O6. The zero-order valence-corrected chi connectivity index (χ0v) is 30.2. The zero-order chi connectivity index (χ0) is 38.8. The maximum Gasteiger partial charge on any atom is 0.417 e. The molecule has 3 fully saturated rings. The van der Waals surface area contributed by atoms with E-state index in [-0.39, 0.29) is 37.8 Å². The molecule has 3 aromatic carbocycles. The Labute approximate surface area is 322 Å². The molecule has 0 unspecified atom stereocenters. The van der Waals surface area contributed by atoms with Crippen LogP contribution in [0.5, 0.6) is 5.75 Å². The average Bonchev–Trinajstić information content (AvgIpc) is 3.55. The average molecular weight is 792 g/mol. The number of allylic oxidation sites excluding steroid dienone is 2. The number of aliphatic hydroxyl groups is 1. The van der Waals surface area contributed by atoms with Gasteiger partial charge in [0.05, 0.1) is 46.0 Å². The summed E-state index contributed by atoms with van der Waals surface area (Å²) in [5, 5.41) is 10.3. The van der Waals surface area contributed by atoms with E-state index in [1.54, 1.807) is 78.9 Å². The lowest BCUT2D eigenvalue weighted by atomic mass is 9.49. The number of nitrogens with one attached hydrogen (secondary N) is 1. The van der Waals surface area contributed by atoms with Gasteiger partial charge < -0.3 is 9.84 Å². The monoisotopic (exact) mass is 790 g/mol. The van der Waals surface area contributed by atoms with Gasteiger partial charge >= 0.3 is 6.18 Å². The second kappa shape index (κ2) is 13.8. The minimum atomic E-state index is -4.75. The summed E-state index contributed by atoms with van der Waals surface area (Å²) in [6.07, 6.45) is -2.19. The summed E-state index contributed by atoms with van der Waals surface area (Å²) in [6, 6.07) is 22.6. The van der Waals surface area contributed by atoms with E-state index in [0.717, 1.165) is 5.01 Å². The number of alkyl halides is 3. The number of anilines is 2. The van der Waals surface area contributed by atoms with Crippen molar-refractivity contribution < 1.29 is 42.2 Å². The molecule has 4 amide bonds. The van der Waals surface area contributed by atoms with Gasteiger partial charge in [-0.25, -0.2) is 4.98 Å². The highest BCUT2D eigenvalue weighted by Crippen LogP contribution is 2.65. The third-order valence-electron chi connectivity index (χ3n) is 11.2. The molecule has 8 rings (SSSR count). The first-order chi connectivity index (χ1) is 26.4. The first-order valence-electron chi connectivity index (χ1n) is 17.5. The number of fused-ring (bicyclic) bond motifs is 4. The molecule has 0 radical (unpaired) electrons. The summed E-state index contributed by atoms with van der Waals surface area (Å²) in [7, 11) is 0. The summed E-state index contributed by atoms with van der Waals surface area (Å²) in [6.45, 7) is -0.410. The standard InChI is InChI=1S/C40H31Cl2F3N4O6/c41-23-12-10-21(11-13-23)39-29(36(52)49(38(39)54)47-34-30(42)18-22(20-46-34)40(43,44)45)19-28-25(33(39)26-8-4-5-9-31(26)55-17-16-50)14-15-27-32(28)37(53)48(35(27)51)24-6-2-1-3-7-24/h1-14,18,20,27-29,32-33,50H,15-17,19H2,(H,46,47)/t27-,28+,29-,32-,33+,39+/m0/s1. The molecule has 4 aromatic rings. The lowest BCUT2D eigenvalue weighted by Crippen LogP contribution is -2.53. The summed E-state index contributed by atoms with van der Waals surface area (Å²) in [4.78, 5) is 63.7. The van der Waals surface area contributed by atoms with Crippen LogP contribution in [-0.2, 0) is 30.8 Å². The Hall–Kier alpha value is -5.24. The minimum Gasteiger partial charge on any atom is -0.491 e. The van der Waals surface area contributed by atoms with Crippen molar-refractivity contribution in [2.75, 3.05) is 23.5 Å². The SMILES string of the molecule is O=C1[C@@H]2C[C@@H]3C(=CC[C@@H]4C(=O)N(c5ccccc5)C(=O)[C@@H]43)[C@H](c3ccccc3OCCO)[C@]2(c2ccc(Cl)cc2)C(=O)N1Nc1ncc(C(F)(F)F)cc1Cl. The van der Waals surface area contributed by atoms with Crippen molar-refractivity contribution in [3.8, 4) is 5.75 Å². The smallest absolute Gasteiger partial charge is 0.417 e. The number of halogens is 5. The van der Waals surface area contributed by atoms with Crippen LogP contribution in [0.2, 0.25) is 10.0 Å². The number of pyridine rings is 1. The number of amides is 4. The van der Waals surface area contributed by atoms with E-state index in [4.69, 9.17) is 27.9 Å². The number of hydrogen-bond acceptors (Lipinski definition) is 8. The molecule has 0 spiro atoms. The molecule has 0 bridgehead atoms. The molecule has 10 nitrogen and oxygen atoms in total. The number of para-hydroxylation sites is 2. The van der Waals surface area contributed by atoms with Crippen LogP contribution in [-0.4, -0.2) is 51.9 Å². The van der Waals surface area contributed by atoms with Crippen molar-refractivity contribution >= 4 is 58.3 Å². The number of ether oxygens (including phenoxy) is 1. The van der Waals surface area contributed by atoms with Crippen LogP contribution >= 0.6 is 23.2 Å². The van der Waals surface area contributed by atoms with Gasteiger partial charge in [-0.15, -0.1) is 0 Å². The predicted molar refractivity (Wildman–Crippen MR) is 195 cm³/mol. The van der Waals surface area contributed by atoms with E-state index < -0.39 is 69.5 Å². The molecule has 2 N–H and O–H groups in total. The number of aromatic nitrogens is 1. The van der Waals surface area contributed by atoms with E-state index in [2.05, 4.69) is 10.4 Å². The fourth-order valence-corrected chi connectivity index (χ4v) is 9.30. The van der Waals surface area contributed by atoms with E-state index in [1.807, 2.05) is 6.08 Å². The molecule has 2 saturated heterocycles. The number of benzene rings is 3. The Kier molecular flexibility index (Phi) is 9.22. The third kappa shape index (κ3) is 5.78. The molecule has 2 aliphatic carbocycles. The number of rotatable bonds is 8. The van der Waals surface area contributed by atoms with Gasteiger partial charge in [0.15, 0.2) is 5.82 Å². The van der Waals surface area contributed by atoms with Crippen molar-refractivity contribution in [1.82, 2.24) is 9.99 Å². The fraction of sp³-hybridized carbons (Fsp3) is 0.275. The lowest BCUT2D eigenvalue weighted by Gasteiger charge is -2.50. The third-order valence-corrected chi connectivity index (χ3v) is 11.7. The Bertz CT molecular complexity index is 2260. The Morgan fingerprint density at radius 1 is 0.909 bits per heavy atom. The number of hydrogen-bond donors (Lipinski definition) is 2. The molecule has 55 heavy (non-hydrogen) atoms. The first kappa shape index (κ1) is 36.7. The van der Waals surface area contributed by atoms with E-state index in [0.29, 0.717) is 45.4 Å². The lowest BCUT2D eigenvalue weighted by molar-refractivity contribution is -0.139. The van der Waals surface area contributed by atoms with Crippen molar-refractivity contribution in [1.29, 1.82) is 0 Å². The van der Waals surface area contributed by atoms with Gasteiger partial charge in [0.25, 0.3) is 11.8 Å². The van der Waals surface area contributed by atoms with Crippen molar-refractivity contribution in [2.45, 2.75) is 30.4 Å². The van der Waals surface area contributed by atoms with Crippen LogP contribution in [0.1, 0.15) is 35.4 Å². The van der Waals surface area contributed by atoms with Crippen LogP contribution in [0.4, 0.5) is 24.7 Å². The van der Waals surface area contributed by atoms with Gasteiger partial charge in [-0.2, -0.15) is 18.2 Å². The van der Waals surface area contributed by atoms with E-state index in [1.165, 1.54) is 4.90 Å². The van der Waals surface area contributed by atoms with Crippen LogP contribution in [0, 0.1) is 23.7 Å². The molecular weight excluding hydrogens is 760 g/mol. The van der Waals surface area contributed by atoms with Crippen LogP contribution in [0.15, 0.2) is 103 Å². The quantitative estimate of drug-likeness (QED) is 0.145. The highest BCUT2D eigenvalue weighted by Gasteiger charge is 2.70. The summed E-state index contributed by atoms with van der Waals surface area (Å²) >= 11 is 12.6. The number of hydrazine groups is 1. The largest absolute Gasteiger partial charge is 0.491 e. The maximum atomic E-state index is 15.4. The molecule has 1 saturated carbocycles. The van der Waals surface area contributed by atoms with Gasteiger partial charge in [-0.1, -0.05) is 83.4 Å². The molecule has 15 heteroatoms. The van der Waals surface area contributed by atoms with Gasteiger partial charge in [0, 0.05) is 22.7 Å². The normalized spacial score (nSPS) is 26.1. The number of aliphatic hydroxyl groups excluding tert-OH is 1. The molecule has 2 aliphatic heterocycles. The second-order valence-electron chi connectivity index (χ2n) is 13.9. The topological polar surface area (TPSA) is 129 Å². The summed E-state index contributed by atoms with van der Waals surface area (Å²) in [5.41, 5.74) is 1.71. The van der Waals surface area contributed by atoms with Gasteiger partial charge in [0.1, 0.15) is 12.4 Å². The first-order valence-corrected chi connectivity index (χ1v) is 18.2. The van der Waals surface area contributed by atoms with Crippen LogP contribution < -0.4 is 15.1 Å². The van der Waals surface area contributed by atoms with Crippen LogP contribution in [0.25, 0.3) is 0 Å². The zero-order valence-electron chi connectivity index (χ0n) is 28.7. The van der Waals surface area contributed by atoms with Gasteiger partial charge in [-0.05, 0) is 60.7 Å². The summed E-state index contributed by atoms with van der Waals surface area (Å²) in [5.74, 6) is -6.82. The Balaban J connectivity index is 1.33. The molecule has 3 heterocycles. The van der Waals surface area contributed by atoms with Gasteiger partial charge in [0.2, 0.25) is 11.8 Å².